The van der Waals surface area contributed by atoms with Crippen LogP contribution >= 0.6 is 0 Å². The van der Waals surface area contributed by atoms with Crippen LogP contribution < -0.4 is 5.73 Å². The van der Waals surface area contributed by atoms with Gasteiger partial charge < -0.3 is 10.6 Å². The number of nitrogen functional groups attached to an aromatic ring is 1. The predicted molar refractivity (Wildman–Crippen MR) is 58.2 cm³/mol. The highest BCUT2D eigenvalue weighted by atomic mass is 16.2. The van der Waals surface area contributed by atoms with Gasteiger partial charge in [-0.15, -0.1) is 0 Å². The highest BCUT2D eigenvalue weighted by molar-refractivity contribution is 5.94. The molecule has 0 unspecified atom stereocenters. The van der Waals surface area contributed by atoms with Crippen LogP contribution in [0.1, 0.15) is 22.8 Å². The van der Waals surface area contributed by atoms with Crippen molar-refractivity contribution in [2.45, 2.75) is 13.3 Å². The monoisotopic (exact) mass is 192 g/mol. The molecule has 76 valence electrons. The Morgan fingerprint density at radius 2 is 2.07 bits per heavy atom. The van der Waals surface area contributed by atoms with E-state index in [4.69, 9.17) is 5.73 Å². The van der Waals surface area contributed by atoms with Gasteiger partial charge in [-0.05, 0) is 24.1 Å². The van der Waals surface area contributed by atoms with E-state index in [2.05, 4.69) is 0 Å². The Bertz CT molecular complexity index is 345. The Hall–Kier alpha value is -1.51. The standard InChI is InChI=1S/C11H16N2O/c1-4-8-5-6-9(7-10(8)12)11(14)13(2)3/h5-7H,4,12H2,1-3H3. The number of amides is 1. The maximum Gasteiger partial charge on any atom is 0.253 e. The summed E-state index contributed by atoms with van der Waals surface area (Å²) >= 11 is 0. The minimum atomic E-state index is -0.0145. The third-order valence-corrected chi connectivity index (χ3v) is 2.18. The molecule has 0 heterocycles. The first-order valence-corrected chi connectivity index (χ1v) is 4.66. The maximum atomic E-state index is 11.6. The summed E-state index contributed by atoms with van der Waals surface area (Å²) in [4.78, 5) is 13.1. The number of anilines is 1. The molecule has 0 bridgehead atoms. The number of hydrogen-bond acceptors (Lipinski definition) is 2. The molecule has 2 N–H and O–H groups in total. The van der Waals surface area contributed by atoms with E-state index in [9.17, 15) is 4.79 Å². The number of nitrogens with two attached hydrogens (primary N) is 1. The minimum Gasteiger partial charge on any atom is -0.398 e. The lowest BCUT2D eigenvalue weighted by molar-refractivity contribution is 0.0827. The summed E-state index contributed by atoms with van der Waals surface area (Å²) in [5.74, 6) is -0.0145. The van der Waals surface area contributed by atoms with Crippen LogP contribution in [0.2, 0.25) is 0 Å². The molecule has 1 aromatic rings. The molecule has 1 rings (SSSR count). The van der Waals surface area contributed by atoms with Crippen LogP contribution in [0.4, 0.5) is 5.69 Å². The summed E-state index contributed by atoms with van der Waals surface area (Å²) in [6, 6.07) is 5.46. The second-order valence-electron chi connectivity index (χ2n) is 3.47. The summed E-state index contributed by atoms with van der Waals surface area (Å²) in [6.07, 6.45) is 0.891. The Labute approximate surface area is 84.5 Å². The number of benzene rings is 1. The van der Waals surface area contributed by atoms with Gasteiger partial charge in [-0.2, -0.15) is 0 Å². The minimum absolute atomic E-state index is 0.0145. The lowest BCUT2D eigenvalue weighted by atomic mass is 10.1. The molecule has 0 radical (unpaired) electrons. The van der Waals surface area contributed by atoms with E-state index in [0.29, 0.717) is 11.3 Å². The molecule has 0 aliphatic heterocycles. The van der Waals surface area contributed by atoms with Gasteiger partial charge in [-0.1, -0.05) is 13.0 Å². The molecule has 14 heavy (non-hydrogen) atoms. The molecule has 0 saturated heterocycles. The smallest absolute Gasteiger partial charge is 0.253 e. The van der Waals surface area contributed by atoms with Gasteiger partial charge in [-0.3, -0.25) is 4.79 Å². The van der Waals surface area contributed by atoms with Crippen molar-refractivity contribution in [1.29, 1.82) is 0 Å². The fourth-order valence-electron chi connectivity index (χ4n) is 1.31. The van der Waals surface area contributed by atoms with Crippen LogP contribution in [0.15, 0.2) is 18.2 Å². The van der Waals surface area contributed by atoms with Crippen molar-refractivity contribution in [1.82, 2.24) is 4.90 Å². The zero-order chi connectivity index (χ0) is 10.7. The Morgan fingerprint density at radius 3 is 2.50 bits per heavy atom. The molecular formula is C11H16N2O. The average molecular weight is 192 g/mol. The Morgan fingerprint density at radius 1 is 1.43 bits per heavy atom. The van der Waals surface area contributed by atoms with E-state index in [-0.39, 0.29) is 5.91 Å². The van der Waals surface area contributed by atoms with Crippen LogP contribution in [-0.4, -0.2) is 24.9 Å². The van der Waals surface area contributed by atoms with Crippen molar-refractivity contribution < 1.29 is 4.79 Å². The Balaban J connectivity index is 3.03. The van der Waals surface area contributed by atoms with Crippen LogP contribution in [0.5, 0.6) is 0 Å². The quantitative estimate of drug-likeness (QED) is 0.722. The molecule has 0 aliphatic carbocycles. The zero-order valence-electron chi connectivity index (χ0n) is 8.87. The lowest BCUT2D eigenvalue weighted by Gasteiger charge is -2.11. The average Bonchev–Trinajstić information content (AvgIpc) is 2.16. The SMILES string of the molecule is CCc1ccc(C(=O)N(C)C)cc1N. The lowest BCUT2D eigenvalue weighted by Crippen LogP contribution is -2.21. The van der Waals surface area contributed by atoms with Gasteiger partial charge in [0.1, 0.15) is 0 Å². The first-order valence-electron chi connectivity index (χ1n) is 4.66. The zero-order valence-corrected chi connectivity index (χ0v) is 8.87. The predicted octanol–water partition coefficient (Wildman–Crippen LogP) is 1.53. The van der Waals surface area contributed by atoms with Gasteiger partial charge in [0.15, 0.2) is 0 Å². The summed E-state index contributed by atoms with van der Waals surface area (Å²) < 4.78 is 0. The van der Waals surface area contributed by atoms with E-state index in [1.807, 2.05) is 19.1 Å². The van der Waals surface area contributed by atoms with Crippen molar-refractivity contribution in [3.8, 4) is 0 Å². The van der Waals surface area contributed by atoms with Gasteiger partial charge >= 0.3 is 0 Å². The van der Waals surface area contributed by atoms with Gasteiger partial charge in [0.05, 0.1) is 0 Å². The topological polar surface area (TPSA) is 46.3 Å². The molecule has 0 aliphatic rings. The summed E-state index contributed by atoms with van der Waals surface area (Å²) in [5, 5.41) is 0. The van der Waals surface area contributed by atoms with Crippen LogP contribution in [0, 0.1) is 0 Å². The molecule has 0 aromatic heterocycles. The fourth-order valence-corrected chi connectivity index (χ4v) is 1.31. The molecular weight excluding hydrogens is 176 g/mol. The number of hydrogen-bond donors (Lipinski definition) is 1. The van der Waals surface area contributed by atoms with E-state index in [0.717, 1.165) is 12.0 Å². The highest BCUT2D eigenvalue weighted by Crippen LogP contribution is 2.15. The van der Waals surface area contributed by atoms with Crippen molar-refractivity contribution in [3.05, 3.63) is 29.3 Å². The Kier molecular flexibility index (Phi) is 3.12. The van der Waals surface area contributed by atoms with E-state index < -0.39 is 0 Å². The molecule has 0 atom stereocenters. The second-order valence-corrected chi connectivity index (χ2v) is 3.47. The van der Waals surface area contributed by atoms with Crippen molar-refractivity contribution in [2.24, 2.45) is 0 Å². The van der Waals surface area contributed by atoms with Gasteiger partial charge in [0.25, 0.3) is 5.91 Å². The first-order chi connectivity index (χ1) is 6.56. The molecule has 3 nitrogen and oxygen atoms in total. The fraction of sp³-hybridized carbons (Fsp3) is 0.364. The maximum absolute atomic E-state index is 11.6. The summed E-state index contributed by atoms with van der Waals surface area (Å²) in [7, 11) is 3.46. The van der Waals surface area contributed by atoms with Gasteiger partial charge in [0, 0.05) is 25.3 Å². The molecule has 0 saturated carbocycles. The van der Waals surface area contributed by atoms with Crippen LogP contribution in [-0.2, 0) is 6.42 Å². The number of nitrogens with zero attached hydrogens (tertiary/aromatic N) is 1. The molecule has 1 aromatic carbocycles. The molecule has 0 spiro atoms. The number of carbonyl (C=O) groups excluding carboxylic acids is 1. The second kappa shape index (κ2) is 4.13. The van der Waals surface area contributed by atoms with Crippen molar-refractivity contribution in [3.63, 3.8) is 0 Å². The van der Waals surface area contributed by atoms with E-state index in [1.165, 1.54) is 0 Å². The van der Waals surface area contributed by atoms with Gasteiger partial charge in [-0.25, -0.2) is 0 Å². The first kappa shape index (κ1) is 10.6. The van der Waals surface area contributed by atoms with Crippen molar-refractivity contribution in [2.75, 3.05) is 19.8 Å². The van der Waals surface area contributed by atoms with E-state index in [1.54, 1.807) is 25.1 Å². The summed E-state index contributed by atoms with van der Waals surface area (Å²) in [6.45, 7) is 2.04. The number of carbonyl (C=O) groups is 1. The van der Waals surface area contributed by atoms with Gasteiger partial charge in [0.2, 0.25) is 0 Å². The van der Waals surface area contributed by atoms with Crippen LogP contribution in [0.3, 0.4) is 0 Å². The number of rotatable bonds is 2. The van der Waals surface area contributed by atoms with E-state index >= 15 is 0 Å². The van der Waals surface area contributed by atoms with Crippen LogP contribution in [0.25, 0.3) is 0 Å². The number of aryl methyl sites for hydroxylation is 1. The third-order valence-electron chi connectivity index (χ3n) is 2.18. The highest BCUT2D eigenvalue weighted by Gasteiger charge is 2.08. The summed E-state index contributed by atoms with van der Waals surface area (Å²) in [5.41, 5.74) is 8.22. The largest absolute Gasteiger partial charge is 0.398 e. The molecule has 3 heteroatoms. The molecule has 1 amide bonds. The molecule has 0 fully saturated rings. The third kappa shape index (κ3) is 2.05. The normalized spacial score (nSPS) is 9.93. The van der Waals surface area contributed by atoms with Crippen molar-refractivity contribution >= 4 is 11.6 Å².